The van der Waals surface area contributed by atoms with Gasteiger partial charge in [0, 0.05) is 22.6 Å². The zero-order valence-corrected chi connectivity index (χ0v) is 13.1. The topological polar surface area (TPSA) is 15.3 Å². The summed E-state index contributed by atoms with van der Waals surface area (Å²) >= 11 is 3.48. The van der Waals surface area contributed by atoms with Crippen molar-refractivity contribution in [1.29, 1.82) is 0 Å². The molecule has 18 heavy (non-hydrogen) atoms. The molecular weight excluding hydrogens is 288 g/mol. The average molecular weight is 311 g/mol. The maximum absolute atomic E-state index is 3.76. The van der Waals surface area contributed by atoms with Gasteiger partial charge in [0.15, 0.2) is 0 Å². The third-order valence-electron chi connectivity index (χ3n) is 4.06. The molecule has 2 nitrogen and oxygen atoms in total. The Kier molecular flexibility index (Phi) is 4.82. The molecule has 1 aliphatic rings. The fraction of sp³-hybridized carbons (Fsp3) is 0.600. The van der Waals surface area contributed by atoms with Gasteiger partial charge in [-0.25, -0.2) is 0 Å². The van der Waals surface area contributed by atoms with Crippen molar-refractivity contribution >= 4 is 15.9 Å². The van der Waals surface area contributed by atoms with Crippen LogP contribution >= 0.6 is 15.9 Å². The summed E-state index contributed by atoms with van der Waals surface area (Å²) < 4.78 is 1.14. The van der Waals surface area contributed by atoms with Crippen molar-refractivity contribution in [2.75, 3.05) is 13.6 Å². The van der Waals surface area contributed by atoms with E-state index < -0.39 is 0 Å². The molecule has 1 saturated heterocycles. The minimum Gasteiger partial charge on any atom is -0.307 e. The van der Waals surface area contributed by atoms with Crippen LogP contribution in [0.15, 0.2) is 28.7 Å². The highest BCUT2D eigenvalue weighted by atomic mass is 79.9. The Morgan fingerprint density at radius 3 is 2.61 bits per heavy atom. The molecule has 2 unspecified atom stereocenters. The number of nitrogens with zero attached hydrogens (tertiary/aromatic N) is 1. The maximum atomic E-state index is 3.76. The predicted octanol–water partition coefficient (Wildman–Crippen LogP) is 3.58. The van der Waals surface area contributed by atoms with E-state index in [2.05, 4.69) is 71.3 Å². The molecule has 0 spiro atoms. The van der Waals surface area contributed by atoms with Gasteiger partial charge in [0.1, 0.15) is 0 Å². The van der Waals surface area contributed by atoms with Crippen LogP contribution in [0.5, 0.6) is 0 Å². The van der Waals surface area contributed by atoms with Gasteiger partial charge in [0.2, 0.25) is 0 Å². The lowest BCUT2D eigenvalue weighted by Gasteiger charge is -2.36. The van der Waals surface area contributed by atoms with Gasteiger partial charge in [-0.15, -0.1) is 0 Å². The molecule has 1 aromatic carbocycles. The maximum Gasteiger partial charge on any atom is 0.0294 e. The number of hydrogen-bond donors (Lipinski definition) is 1. The van der Waals surface area contributed by atoms with Crippen molar-refractivity contribution in [3.05, 3.63) is 34.3 Å². The van der Waals surface area contributed by atoms with Crippen LogP contribution in [0.25, 0.3) is 0 Å². The molecule has 1 aromatic rings. The summed E-state index contributed by atoms with van der Waals surface area (Å²) in [4.78, 5) is 2.45. The quantitative estimate of drug-likeness (QED) is 0.918. The third kappa shape index (κ3) is 3.56. The van der Waals surface area contributed by atoms with Crippen LogP contribution in [0.2, 0.25) is 0 Å². The molecule has 0 radical (unpaired) electrons. The summed E-state index contributed by atoms with van der Waals surface area (Å²) in [5.74, 6) is 0. The first-order chi connectivity index (χ1) is 8.56. The van der Waals surface area contributed by atoms with Gasteiger partial charge in [-0.05, 0) is 58.0 Å². The molecule has 100 valence electrons. The van der Waals surface area contributed by atoms with E-state index in [-0.39, 0.29) is 0 Å². The van der Waals surface area contributed by atoms with E-state index in [1.165, 1.54) is 24.9 Å². The number of nitrogens with one attached hydrogen (secondary N) is 1. The zero-order valence-electron chi connectivity index (χ0n) is 11.5. The van der Waals surface area contributed by atoms with E-state index in [9.17, 15) is 0 Å². The van der Waals surface area contributed by atoms with Crippen molar-refractivity contribution in [3.63, 3.8) is 0 Å². The standard InChI is InChI=1S/C15H23BrN2/c1-11-10-15(8-9-18(11)3)17-12(2)13-4-6-14(16)7-5-13/h4-7,11-12,15,17H,8-10H2,1-3H3/t11?,12-,15?/m1/s1. The van der Waals surface area contributed by atoms with Crippen molar-refractivity contribution in [2.45, 2.75) is 44.8 Å². The van der Waals surface area contributed by atoms with Crippen molar-refractivity contribution < 1.29 is 0 Å². The Bertz CT molecular complexity index is 377. The number of hydrogen-bond acceptors (Lipinski definition) is 2. The van der Waals surface area contributed by atoms with Crippen molar-refractivity contribution in [2.24, 2.45) is 0 Å². The normalized spacial score (nSPS) is 27.1. The molecule has 1 fully saturated rings. The Labute approximate surface area is 119 Å². The summed E-state index contributed by atoms with van der Waals surface area (Å²) in [7, 11) is 2.22. The minimum absolute atomic E-state index is 0.429. The summed E-state index contributed by atoms with van der Waals surface area (Å²) in [6.45, 7) is 5.77. The fourth-order valence-corrected chi connectivity index (χ4v) is 2.91. The number of likely N-dealkylation sites (tertiary alicyclic amines) is 1. The van der Waals surface area contributed by atoms with Gasteiger partial charge >= 0.3 is 0 Å². The molecule has 0 aromatic heterocycles. The smallest absolute Gasteiger partial charge is 0.0294 e. The first kappa shape index (κ1) is 14.0. The Morgan fingerprint density at radius 1 is 1.33 bits per heavy atom. The first-order valence-corrected chi connectivity index (χ1v) is 7.57. The molecule has 2 rings (SSSR count). The predicted molar refractivity (Wildman–Crippen MR) is 80.8 cm³/mol. The van der Waals surface area contributed by atoms with E-state index in [4.69, 9.17) is 0 Å². The van der Waals surface area contributed by atoms with Gasteiger partial charge in [0.05, 0.1) is 0 Å². The highest BCUT2D eigenvalue weighted by Gasteiger charge is 2.23. The second-order valence-electron chi connectivity index (χ2n) is 5.49. The third-order valence-corrected chi connectivity index (χ3v) is 4.59. The summed E-state index contributed by atoms with van der Waals surface area (Å²) in [6.07, 6.45) is 2.50. The van der Waals surface area contributed by atoms with E-state index in [1.54, 1.807) is 0 Å². The van der Waals surface area contributed by atoms with E-state index in [0.29, 0.717) is 18.1 Å². The zero-order chi connectivity index (χ0) is 13.1. The molecule has 3 heteroatoms. The summed E-state index contributed by atoms with van der Waals surface area (Å²) in [6, 6.07) is 10.4. The second-order valence-corrected chi connectivity index (χ2v) is 6.41. The molecule has 0 saturated carbocycles. The fourth-order valence-electron chi connectivity index (χ4n) is 2.64. The van der Waals surface area contributed by atoms with Crippen LogP contribution in [-0.4, -0.2) is 30.6 Å². The van der Waals surface area contributed by atoms with E-state index in [0.717, 1.165) is 4.47 Å². The number of piperidine rings is 1. The first-order valence-electron chi connectivity index (χ1n) is 6.78. The molecule has 1 N–H and O–H groups in total. The minimum atomic E-state index is 0.429. The van der Waals surface area contributed by atoms with Gasteiger partial charge in [-0.1, -0.05) is 28.1 Å². The molecule has 0 aliphatic carbocycles. The Morgan fingerprint density at radius 2 is 2.00 bits per heavy atom. The van der Waals surface area contributed by atoms with Gasteiger partial charge in [0.25, 0.3) is 0 Å². The Hall–Kier alpha value is -0.380. The molecule has 1 heterocycles. The molecule has 3 atom stereocenters. The van der Waals surface area contributed by atoms with Crippen LogP contribution in [0.4, 0.5) is 0 Å². The molecule has 0 amide bonds. The van der Waals surface area contributed by atoms with Crippen LogP contribution < -0.4 is 5.32 Å². The van der Waals surface area contributed by atoms with Crippen molar-refractivity contribution in [3.8, 4) is 0 Å². The lowest BCUT2D eigenvalue weighted by atomic mass is 9.97. The van der Waals surface area contributed by atoms with Crippen LogP contribution in [0.3, 0.4) is 0 Å². The molecule has 1 aliphatic heterocycles. The summed E-state index contributed by atoms with van der Waals surface area (Å²) in [5, 5.41) is 3.76. The highest BCUT2D eigenvalue weighted by molar-refractivity contribution is 9.10. The van der Waals surface area contributed by atoms with E-state index in [1.807, 2.05) is 0 Å². The van der Waals surface area contributed by atoms with Crippen molar-refractivity contribution in [1.82, 2.24) is 10.2 Å². The van der Waals surface area contributed by atoms with Gasteiger partial charge in [-0.2, -0.15) is 0 Å². The van der Waals surface area contributed by atoms with Crippen LogP contribution in [-0.2, 0) is 0 Å². The monoisotopic (exact) mass is 310 g/mol. The molecule has 0 bridgehead atoms. The highest BCUT2D eigenvalue weighted by Crippen LogP contribution is 2.21. The number of benzene rings is 1. The molecular formula is C15H23BrN2. The summed E-state index contributed by atoms with van der Waals surface area (Å²) in [5.41, 5.74) is 1.37. The van der Waals surface area contributed by atoms with E-state index >= 15 is 0 Å². The van der Waals surface area contributed by atoms with Gasteiger partial charge < -0.3 is 10.2 Å². The lowest BCUT2D eigenvalue weighted by Crippen LogP contribution is -2.46. The lowest BCUT2D eigenvalue weighted by molar-refractivity contribution is 0.163. The Balaban J connectivity index is 1.91. The largest absolute Gasteiger partial charge is 0.307 e. The second kappa shape index (κ2) is 6.18. The van der Waals surface area contributed by atoms with Crippen LogP contribution in [0.1, 0.15) is 38.3 Å². The number of rotatable bonds is 3. The SMILES string of the molecule is CC1CC(N[C@H](C)c2ccc(Br)cc2)CCN1C. The average Bonchev–Trinajstić information content (AvgIpc) is 2.34. The van der Waals surface area contributed by atoms with Gasteiger partial charge in [-0.3, -0.25) is 0 Å². The van der Waals surface area contributed by atoms with Crippen LogP contribution in [0, 0.1) is 0 Å². The number of halogens is 1.